The number of rotatable bonds is 7. The lowest BCUT2D eigenvalue weighted by molar-refractivity contribution is -0.122. The van der Waals surface area contributed by atoms with E-state index < -0.39 is 0 Å². The summed E-state index contributed by atoms with van der Waals surface area (Å²) in [4.78, 5) is 35.5. The Morgan fingerprint density at radius 3 is 2.47 bits per heavy atom. The van der Waals surface area contributed by atoms with Crippen LogP contribution in [-0.4, -0.2) is 88.3 Å². The third-order valence-electron chi connectivity index (χ3n) is 7.30. The zero-order valence-corrected chi connectivity index (χ0v) is 23.2. The molecule has 2 aromatic carbocycles. The standard InChI is InChI=1S/C30H42N4O4/c1-4-20-38-28-13-12-25(32-15-7-8-16-32)21-26(28)30(36)33-19-18-31(2)14-9-17-34(29(35)23-37-3)27-11-6-5-10-24(27)22-33/h5-6,10-13,21H,4,7-9,14-20,22-23H2,1-3H3. The normalized spacial score (nSPS) is 17.2. The molecule has 206 valence electrons. The molecule has 1 fully saturated rings. The Morgan fingerprint density at radius 2 is 1.71 bits per heavy atom. The molecule has 0 aliphatic carbocycles. The molecule has 2 amide bonds. The highest BCUT2D eigenvalue weighted by molar-refractivity contribution is 5.98. The molecule has 8 nitrogen and oxygen atoms in total. The second-order valence-corrected chi connectivity index (χ2v) is 10.2. The highest BCUT2D eigenvalue weighted by atomic mass is 16.5. The molecule has 2 aliphatic heterocycles. The average Bonchev–Trinajstić information content (AvgIpc) is 3.46. The number of para-hydroxylation sites is 1. The van der Waals surface area contributed by atoms with E-state index in [1.165, 1.54) is 12.8 Å². The van der Waals surface area contributed by atoms with Gasteiger partial charge >= 0.3 is 0 Å². The van der Waals surface area contributed by atoms with Crippen molar-refractivity contribution in [2.24, 2.45) is 0 Å². The van der Waals surface area contributed by atoms with E-state index in [4.69, 9.17) is 9.47 Å². The van der Waals surface area contributed by atoms with Gasteiger partial charge in [0, 0.05) is 57.8 Å². The summed E-state index contributed by atoms with van der Waals surface area (Å²) in [5.41, 5.74) is 3.46. The summed E-state index contributed by atoms with van der Waals surface area (Å²) < 4.78 is 11.2. The number of carbonyl (C=O) groups is 2. The van der Waals surface area contributed by atoms with Crippen LogP contribution in [0.1, 0.15) is 48.5 Å². The molecule has 0 N–H and O–H groups in total. The number of methoxy groups -OCH3 is 1. The Kier molecular flexibility index (Phi) is 10.0. The molecule has 2 aromatic rings. The highest BCUT2D eigenvalue weighted by Crippen LogP contribution is 2.30. The van der Waals surface area contributed by atoms with Crippen LogP contribution in [0.5, 0.6) is 5.75 Å². The number of ether oxygens (including phenoxy) is 2. The maximum atomic E-state index is 14.2. The van der Waals surface area contributed by atoms with Gasteiger partial charge < -0.3 is 29.1 Å². The second-order valence-electron chi connectivity index (χ2n) is 10.2. The van der Waals surface area contributed by atoms with Gasteiger partial charge in [-0.05, 0) is 69.1 Å². The van der Waals surface area contributed by atoms with Gasteiger partial charge in [-0.2, -0.15) is 0 Å². The Labute approximate surface area is 227 Å². The number of likely N-dealkylation sites (N-methyl/N-ethyl adjacent to an activating group) is 1. The molecular weight excluding hydrogens is 480 g/mol. The van der Waals surface area contributed by atoms with E-state index in [1.807, 2.05) is 46.2 Å². The van der Waals surface area contributed by atoms with Crippen molar-refractivity contribution < 1.29 is 19.1 Å². The highest BCUT2D eigenvalue weighted by Gasteiger charge is 2.26. The van der Waals surface area contributed by atoms with Crippen molar-refractivity contribution in [1.82, 2.24) is 9.80 Å². The maximum absolute atomic E-state index is 14.2. The van der Waals surface area contributed by atoms with E-state index in [2.05, 4.69) is 29.8 Å². The first-order chi connectivity index (χ1) is 18.5. The summed E-state index contributed by atoms with van der Waals surface area (Å²) >= 11 is 0. The smallest absolute Gasteiger partial charge is 0.258 e. The molecule has 0 aromatic heterocycles. The maximum Gasteiger partial charge on any atom is 0.258 e. The number of hydrogen-bond donors (Lipinski definition) is 0. The predicted molar refractivity (Wildman–Crippen MR) is 151 cm³/mol. The summed E-state index contributed by atoms with van der Waals surface area (Å²) in [6, 6.07) is 13.9. The molecule has 4 rings (SSSR count). The van der Waals surface area contributed by atoms with E-state index >= 15 is 0 Å². The lowest BCUT2D eigenvalue weighted by Crippen LogP contribution is -2.37. The van der Waals surface area contributed by atoms with Crippen LogP contribution in [0.3, 0.4) is 0 Å². The number of benzene rings is 2. The van der Waals surface area contributed by atoms with Crippen molar-refractivity contribution in [3.8, 4) is 5.75 Å². The van der Waals surface area contributed by atoms with Crippen molar-refractivity contribution in [2.45, 2.75) is 39.2 Å². The topological polar surface area (TPSA) is 65.6 Å². The summed E-state index contributed by atoms with van der Waals surface area (Å²) in [6.45, 7) is 7.83. The molecule has 0 radical (unpaired) electrons. The summed E-state index contributed by atoms with van der Waals surface area (Å²) in [6.07, 6.45) is 4.05. The van der Waals surface area contributed by atoms with Crippen LogP contribution in [0, 0.1) is 0 Å². The van der Waals surface area contributed by atoms with E-state index in [9.17, 15) is 9.59 Å². The molecule has 0 atom stereocenters. The molecule has 0 spiro atoms. The van der Waals surface area contributed by atoms with Gasteiger partial charge in [-0.1, -0.05) is 25.1 Å². The zero-order chi connectivity index (χ0) is 26.9. The SMILES string of the molecule is CCCOc1ccc(N2CCCC2)cc1C(=O)N1CCN(C)CCCN(C(=O)COC)c2ccccc2C1. The van der Waals surface area contributed by atoms with Crippen LogP contribution in [0.15, 0.2) is 42.5 Å². The minimum atomic E-state index is -0.0757. The molecule has 8 heteroatoms. The number of amides is 2. The van der Waals surface area contributed by atoms with Crippen molar-refractivity contribution in [3.05, 3.63) is 53.6 Å². The van der Waals surface area contributed by atoms with E-state index in [0.29, 0.717) is 37.6 Å². The number of anilines is 2. The Bertz CT molecular complexity index is 1090. The summed E-state index contributed by atoms with van der Waals surface area (Å²) in [5.74, 6) is 0.510. The fourth-order valence-electron chi connectivity index (χ4n) is 5.21. The molecular formula is C30H42N4O4. The van der Waals surface area contributed by atoms with Crippen LogP contribution < -0.4 is 14.5 Å². The molecule has 0 unspecified atom stereocenters. The van der Waals surface area contributed by atoms with Gasteiger partial charge in [0.25, 0.3) is 11.8 Å². The van der Waals surface area contributed by atoms with Gasteiger partial charge in [0.05, 0.1) is 12.2 Å². The average molecular weight is 523 g/mol. The Hall–Kier alpha value is -3.10. The third kappa shape index (κ3) is 6.85. The van der Waals surface area contributed by atoms with Crippen molar-refractivity contribution in [3.63, 3.8) is 0 Å². The summed E-state index contributed by atoms with van der Waals surface area (Å²) in [7, 11) is 3.61. The minimum absolute atomic E-state index is 0.0221. The first-order valence-corrected chi connectivity index (χ1v) is 13.9. The molecule has 1 saturated heterocycles. The fraction of sp³-hybridized carbons (Fsp3) is 0.533. The fourth-order valence-corrected chi connectivity index (χ4v) is 5.21. The third-order valence-corrected chi connectivity index (χ3v) is 7.30. The molecule has 38 heavy (non-hydrogen) atoms. The molecule has 0 bridgehead atoms. The van der Waals surface area contributed by atoms with E-state index in [0.717, 1.165) is 56.0 Å². The van der Waals surface area contributed by atoms with E-state index in [-0.39, 0.29) is 18.4 Å². The first-order valence-electron chi connectivity index (χ1n) is 13.9. The van der Waals surface area contributed by atoms with Crippen LogP contribution in [0.25, 0.3) is 0 Å². The zero-order valence-electron chi connectivity index (χ0n) is 23.2. The Morgan fingerprint density at radius 1 is 0.921 bits per heavy atom. The molecule has 2 heterocycles. The van der Waals surface area contributed by atoms with Gasteiger partial charge in [-0.25, -0.2) is 0 Å². The van der Waals surface area contributed by atoms with Crippen LogP contribution in [-0.2, 0) is 16.1 Å². The van der Waals surface area contributed by atoms with Crippen molar-refractivity contribution in [2.75, 3.05) is 76.4 Å². The molecule has 0 saturated carbocycles. The number of hydrogen-bond acceptors (Lipinski definition) is 6. The molecule has 2 aliphatic rings. The van der Waals surface area contributed by atoms with Gasteiger partial charge in [0.15, 0.2) is 0 Å². The lowest BCUT2D eigenvalue weighted by Gasteiger charge is -2.29. The van der Waals surface area contributed by atoms with Crippen LogP contribution in [0.2, 0.25) is 0 Å². The van der Waals surface area contributed by atoms with E-state index in [1.54, 1.807) is 7.11 Å². The summed E-state index contributed by atoms with van der Waals surface area (Å²) in [5, 5.41) is 0. The number of carbonyl (C=O) groups excluding carboxylic acids is 2. The van der Waals surface area contributed by atoms with Crippen LogP contribution in [0.4, 0.5) is 11.4 Å². The van der Waals surface area contributed by atoms with Crippen molar-refractivity contribution >= 4 is 23.2 Å². The largest absolute Gasteiger partial charge is 0.493 e. The van der Waals surface area contributed by atoms with Gasteiger partial charge in [0.1, 0.15) is 12.4 Å². The monoisotopic (exact) mass is 522 g/mol. The minimum Gasteiger partial charge on any atom is -0.493 e. The van der Waals surface area contributed by atoms with Gasteiger partial charge in [-0.3, -0.25) is 9.59 Å². The first kappa shape index (κ1) is 27.9. The van der Waals surface area contributed by atoms with Gasteiger partial charge in [0.2, 0.25) is 0 Å². The van der Waals surface area contributed by atoms with Crippen molar-refractivity contribution in [1.29, 1.82) is 0 Å². The Balaban J connectivity index is 1.70. The van der Waals surface area contributed by atoms with Crippen LogP contribution >= 0.6 is 0 Å². The number of fused-ring (bicyclic) bond motifs is 1. The van der Waals surface area contributed by atoms with Gasteiger partial charge in [-0.15, -0.1) is 0 Å². The quantitative estimate of drug-likeness (QED) is 0.547. The second kappa shape index (κ2) is 13.6. The number of nitrogens with zero attached hydrogens (tertiary/aromatic N) is 4. The lowest BCUT2D eigenvalue weighted by atomic mass is 10.1. The predicted octanol–water partition coefficient (Wildman–Crippen LogP) is 4.03.